The molecule has 1 aliphatic rings. The lowest BCUT2D eigenvalue weighted by atomic mass is 10.0. The largest absolute Gasteiger partial charge is 0.457 e. The number of carbonyl (C=O) groups is 2. The molecule has 2 aromatic carbocycles. The zero-order valence-corrected chi connectivity index (χ0v) is 23.5. The van der Waals surface area contributed by atoms with Crippen LogP contribution in [0.5, 0.6) is 11.5 Å². The second kappa shape index (κ2) is 10.5. The number of morpholine rings is 1. The van der Waals surface area contributed by atoms with E-state index in [0.717, 1.165) is 0 Å². The summed E-state index contributed by atoms with van der Waals surface area (Å²) in [5.41, 5.74) is 1.85. The van der Waals surface area contributed by atoms with E-state index >= 15 is 0 Å². The van der Waals surface area contributed by atoms with E-state index in [1.165, 1.54) is 0 Å². The van der Waals surface area contributed by atoms with Gasteiger partial charge in [0.15, 0.2) is 5.78 Å². The predicted molar refractivity (Wildman–Crippen MR) is 154 cm³/mol. The molecule has 1 aliphatic heterocycles. The lowest BCUT2D eigenvalue weighted by molar-refractivity contribution is -0.0458. The van der Waals surface area contributed by atoms with Gasteiger partial charge in [-0.25, -0.2) is 14.8 Å². The Morgan fingerprint density at radius 1 is 1.10 bits per heavy atom. The normalized spacial score (nSPS) is 15.8. The van der Waals surface area contributed by atoms with Gasteiger partial charge < -0.3 is 29.1 Å². The SMILES string of the molecule is CC(C)(C)OC(=O)N1CCOC(c2nc3cnc4[nH]cc(C(=O)c5ccc(Oc6ccccc6)cc5Cl)c4c3[nH]2)C1. The van der Waals surface area contributed by atoms with Gasteiger partial charge in [0.25, 0.3) is 0 Å². The maximum Gasteiger partial charge on any atom is 0.410 e. The van der Waals surface area contributed by atoms with Crippen molar-refractivity contribution in [2.24, 2.45) is 0 Å². The van der Waals surface area contributed by atoms with Crippen LogP contribution in [0.4, 0.5) is 4.79 Å². The first-order valence-corrected chi connectivity index (χ1v) is 13.6. The highest BCUT2D eigenvalue weighted by Crippen LogP contribution is 2.33. The molecule has 5 aromatic rings. The number of nitrogens with zero attached hydrogens (tertiary/aromatic N) is 3. The Bertz CT molecular complexity index is 1760. The summed E-state index contributed by atoms with van der Waals surface area (Å²) in [7, 11) is 0. The maximum atomic E-state index is 13.7. The third kappa shape index (κ3) is 5.48. The number of carbonyl (C=O) groups excluding carboxylic acids is 2. The van der Waals surface area contributed by atoms with Gasteiger partial charge in [-0.3, -0.25) is 4.79 Å². The maximum absolute atomic E-state index is 13.7. The molecule has 4 heterocycles. The first kappa shape index (κ1) is 26.8. The molecule has 2 N–H and O–H groups in total. The van der Waals surface area contributed by atoms with Gasteiger partial charge >= 0.3 is 6.09 Å². The van der Waals surface area contributed by atoms with Crippen molar-refractivity contribution < 1.29 is 23.8 Å². The number of amides is 1. The number of hydrogen-bond donors (Lipinski definition) is 2. The van der Waals surface area contributed by atoms with Crippen LogP contribution in [0, 0.1) is 0 Å². The van der Waals surface area contributed by atoms with E-state index in [-0.39, 0.29) is 17.4 Å². The summed E-state index contributed by atoms with van der Waals surface area (Å²) in [6.45, 7) is 6.52. The van der Waals surface area contributed by atoms with Gasteiger partial charge in [-0.2, -0.15) is 0 Å². The third-order valence-electron chi connectivity index (χ3n) is 6.61. The van der Waals surface area contributed by atoms with E-state index in [9.17, 15) is 9.59 Å². The Hall–Kier alpha value is -4.41. The van der Waals surface area contributed by atoms with Crippen LogP contribution in [-0.2, 0) is 9.47 Å². The number of rotatable bonds is 5. The van der Waals surface area contributed by atoms with Crippen LogP contribution < -0.4 is 4.74 Å². The molecular weight excluding hydrogens is 546 g/mol. The van der Waals surface area contributed by atoms with Gasteiger partial charge in [0.05, 0.1) is 40.8 Å². The number of pyridine rings is 1. The summed E-state index contributed by atoms with van der Waals surface area (Å²) < 4.78 is 17.3. The summed E-state index contributed by atoms with van der Waals surface area (Å²) in [5.74, 6) is 1.44. The monoisotopic (exact) mass is 573 g/mol. The zero-order valence-electron chi connectivity index (χ0n) is 22.7. The van der Waals surface area contributed by atoms with Crippen LogP contribution in [-0.4, -0.2) is 62.0 Å². The van der Waals surface area contributed by atoms with Crippen molar-refractivity contribution in [3.8, 4) is 11.5 Å². The van der Waals surface area contributed by atoms with Crippen LogP contribution in [0.15, 0.2) is 60.9 Å². The van der Waals surface area contributed by atoms with Crippen LogP contribution in [0.2, 0.25) is 5.02 Å². The highest BCUT2D eigenvalue weighted by molar-refractivity contribution is 6.36. The molecule has 1 amide bonds. The third-order valence-corrected chi connectivity index (χ3v) is 6.92. The van der Waals surface area contributed by atoms with E-state index in [1.54, 1.807) is 35.5 Å². The number of imidazole rings is 1. The van der Waals surface area contributed by atoms with Gasteiger partial charge in [-0.1, -0.05) is 29.8 Å². The topological polar surface area (TPSA) is 122 Å². The molecular formula is C30H28ClN5O5. The van der Waals surface area contributed by atoms with E-state index in [0.29, 0.717) is 63.7 Å². The Morgan fingerprint density at radius 3 is 2.66 bits per heavy atom. The molecule has 0 spiro atoms. The van der Waals surface area contributed by atoms with E-state index in [1.807, 2.05) is 51.1 Å². The number of H-pyrrole nitrogens is 2. The summed E-state index contributed by atoms with van der Waals surface area (Å²) in [6.07, 6.45) is 2.34. The molecule has 0 radical (unpaired) electrons. The van der Waals surface area contributed by atoms with Gasteiger partial charge in [-0.05, 0) is 45.0 Å². The molecule has 1 unspecified atom stereocenters. The minimum absolute atomic E-state index is 0.265. The molecule has 210 valence electrons. The lowest BCUT2D eigenvalue weighted by Gasteiger charge is -2.33. The average molecular weight is 574 g/mol. The van der Waals surface area contributed by atoms with Crippen LogP contribution >= 0.6 is 11.6 Å². The number of hydrogen-bond acceptors (Lipinski definition) is 7. The Balaban J connectivity index is 1.29. The Labute approximate surface area is 240 Å². The molecule has 0 bridgehead atoms. The van der Waals surface area contributed by atoms with Crippen molar-refractivity contribution in [2.45, 2.75) is 32.5 Å². The van der Waals surface area contributed by atoms with Crippen LogP contribution in [0.1, 0.15) is 48.6 Å². The number of para-hydroxylation sites is 1. The van der Waals surface area contributed by atoms with Crippen molar-refractivity contribution in [3.05, 3.63) is 82.9 Å². The van der Waals surface area contributed by atoms with E-state index in [4.69, 9.17) is 25.8 Å². The van der Waals surface area contributed by atoms with Crippen LogP contribution in [0.3, 0.4) is 0 Å². The lowest BCUT2D eigenvalue weighted by Crippen LogP contribution is -2.44. The minimum Gasteiger partial charge on any atom is -0.457 e. The molecule has 11 heteroatoms. The number of aromatic nitrogens is 4. The molecule has 3 aromatic heterocycles. The highest BCUT2D eigenvalue weighted by Gasteiger charge is 2.31. The van der Waals surface area contributed by atoms with Crippen molar-refractivity contribution in [1.29, 1.82) is 0 Å². The highest BCUT2D eigenvalue weighted by atomic mass is 35.5. The van der Waals surface area contributed by atoms with Crippen molar-refractivity contribution in [2.75, 3.05) is 19.7 Å². The fourth-order valence-corrected chi connectivity index (χ4v) is 4.99. The number of halogens is 1. The molecule has 1 fully saturated rings. The summed E-state index contributed by atoms with van der Waals surface area (Å²) >= 11 is 6.56. The first-order chi connectivity index (χ1) is 19.7. The summed E-state index contributed by atoms with van der Waals surface area (Å²) in [5, 5.41) is 0.854. The summed E-state index contributed by atoms with van der Waals surface area (Å²) in [6, 6.07) is 14.3. The van der Waals surface area contributed by atoms with Gasteiger partial charge in [0.1, 0.15) is 40.2 Å². The first-order valence-electron chi connectivity index (χ1n) is 13.2. The molecule has 1 saturated heterocycles. The van der Waals surface area contributed by atoms with Gasteiger partial charge in [0, 0.05) is 24.4 Å². The van der Waals surface area contributed by atoms with Crippen molar-refractivity contribution >= 4 is 45.5 Å². The Kier molecular flexibility index (Phi) is 6.88. The zero-order chi connectivity index (χ0) is 28.7. The number of fused-ring (bicyclic) bond motifs is 3. The molecule has 41 heavy (non-hydrogen) atoms. The fraction of sp³-hybridized carbons (Fsp3) is 0.267. The predicted octanol–water partition coefficient (Wildman–Crippen LogP) is 6.42. The molecule has 0 saturated carbocycles. The Morgan fingerprint density at radius 2 is 1.90 bits per heavy atom. The number of nitrogens with one attached hydrogen (secondary N) is 2. The average Bonchev–Trinajstić information content (AvgIpc) is 3.57. The smallest absolute Gasteiger partial charge is 0.410 e. The second-order valence-corrected chi connectivity index (χ2v) is 11.1. The number of benzene rings is 2. The van der Waals surface area contributed by atoms with Crippen molar-refractivity contribution in [3.63, 3.8) is 0 Å². The van der Waals surface area contributed by atoms with Gasteiger partial charge in [0.2, 0.25) is 0 Å². The number of aromatic amines is 2. The summed E-state index contributed by atoms with van der Waals surface area (Å²) in [4.78, 5) is 43.5. The second-order valence-electron chi connectivity index (χ2n) is 10.7. The minimum atomic E-state index is -0.600. The molecule has 10 nitrogen and oxygen atoms in total. The van der Waals surface area contributed by atoms with Crippen LogP contribution in [0.25, 0.3) is 22.1 Å². The fourth-order valence-electron chi connectivity index (χ4n) is 4.73. The molecule has 6 rings (SSSR count). The van der Waals surface area contributed by atoms with Crippen molar-refractivity contribution in [1.82, 2.24) is 24.8 Å². The standard InChI is InChI=1S/C30H28ClN5O5/c1-30(2,3)41-29(38)36-11-12-39-23(16-36)27-34-22-15-33-28-24(25(22)35-27)20(14-32-28)26(37)19-10-9-18(13-21(19)31)40-17-7-5-4-6-8-17/h4-10,13-15,23H,11-12,16H2,1-3H3,(H,32,33)(H,34,35). The van der Waals surface area contributed by atoms with E-state index < -0.39 is 17.8 Å². The molecule has 1 atom stereocenters. The number of ether oxygens (including phenoxy) is 3. The number of ketones is 1. The van der Waals surface area contributed by atoms with E-state index in [2.05, 4.69) is 19.9 Å². The quantitative estimate of drug-likeness (QED) is 0.232. The molecule has 0 aliphatic carbocycles. The van der Waals surface area contributed by atoms with Gasteiger partial charge in [-0.15, -0.1) is 0 Å².